The first-order chi connectivity index (χ1) is 4.09. The number of hydrogen-bond donors (Lipinski definition) is 1. The lowest BCUT2D eigenvalue weighted by Crippen LogP contribution is -2.30. The fraction of sp³-hybridized carbons (Fsp3) is 0.800. The fourth-order valence-corrected chi connectivity index (χ4v) is 1.03. The van der Waals surface area contributed by atoms with Crippen molar-refractivity contribution in [1.82, 2.24) is 0 Å². The molecule has 0 saturated heterocycles. The molecule has 54 valence electrons. The number of carbonyl (C=O) groups is 1. The summed E-state index contributed by atoms with van der Waals surface area (Å²) >= 11 is 7.10. The van der Waals surface area contributed by atoms with Crippen LogP contribution >= 0.6 is 23.4 Å². The summed E-state index contributed by atoms with van der Waals surface area (Å²) < 4.78 is 0. The third-order valence-electron chi connectivity index (χ3n) is 1.06. The van der Waals surface area contributed by atoms with Gasteiger partial charge in [-0.2, -0.15) is 11.8 Å². The van der Waals surface area contributed by atoms with Crippen LogP contribution in [-0.2, 0) is 4.79 Å². The number of hydrogen-bond acceptors (Lipinski definition) is 2. The van der Waals surface area contributed by atoms with Crippen LogP contribution in [-0.4, -0.2) is 22.8 Å². The van der Waals surface area contributed by atoms with Gasteiger partial charge in [0, 0.05) is 5.25 Å². The SMILES string of the molecule is CSC(C)C(Cl)C(N)=O. The van der Waals surface area contributed by atoms with E-state index in [0.717, 1.165) is 0 Å². The van der Waals surface area contributed by atoms with Crippen LogP contribution in [0.15, 0.2) is 0 Å². The summed E-state index contributed by atoms with van der Waals surface area (Å²) in [5.74, 6) is -0.446. The number of primary amides is 1. The Balaban J connectivity index is 3.72. The van der Waals surface area contributed by atoms with E-state index < -0.39 is 11.3 Å². The largest absolute Gasteiger partial charge is 0.368 e. The molecule has 0 spiro atoms. The van der Waals surface area contributed by atoms with Gasteiger partial charge in [-0.05, 0) is 6.26 Å². The molecule has 0 aromatic rings. The lowest BCUT2D eigenvalue weighted by atomic mass is 10.3. The van der Waals surface area contributed by atoms with E-state index in [2.05, 4.69) is 0 Å². The van der Waals surface area contributed by atoms with Crippen LogP contribution in [0, 0.1) is 0 Å². The normalized spacial score (nSPS) is 16.8. The van der Waals surface area contributed by atoms with Crippen LogP contribution in [0.2, 0.25) is 0 Å². The third-order valence-corrected chi connectivity index (χ3v) is 2.81. The van der Waals surface area contributed by atoms with Crippen LogP contribution < -0.4 is 5.73 Å². The number of rotatable bonds is 3. The molecule has 2 atom stereocenters. The molecule has 0 aliphatic rings. The smallest absolute Gasteiger partial charge is 0.236 e. The Morgan fingerprint density at radius 2 is 2.22 bits per heavy atom. The first kappa shape index (κ1) is 9.11. The van der Waals surface area contributed by atoms with E-state index in [1.165, 1.54) is 11.8 Å². The van der Waals surface area contributed by atoms with Crippen molar-refractivity contribution in [2.45, 2.75) is 17.6 Å². The molecule has 0 aromatic carbocycles. The van der Waals surface area contributed by atoms with Gasteiger partial charge in [0.25, 0.3) is 0 Å². The zero-order valence-corrected chi connectivity index (χ0v) is 7.00. The van der Waals surface area contributed by atoms with Gasteiger partial charge in [0.05, 0.1) is 0 Å². The first-order valence-electron chi connectivity index (χ1n) is 2.55. The zero-order chi connectivity index (χ0) is 7.44. The second-order valence-electron chi connectivity index (χ2n) is 1.74. The lowest BCUT2D eigenvalue weighted by molar-refractivity contribution is -0.117. The first-order valence-corrected chi connectivity index (χ1v) is 4.28. The molecule has 1 amide bonds. The number of alkyl halides is 1. The van der Waals surface area contributed by atoms with Crippen molar-refractivity contribution >= 4 is 29.3 Å². The molecule has 2 N–H and O–H groups in total. The summed E-state index contributed by atoms with van der Waals surface area (Å²) in [5.41, 5.74) is 4.93. The van der Waals surface area contributed by atoms with Crippen molar-refractivity contribution in [1.29, 1.82) is 0 Å². The van der Waals surface area contributed by atoms with Crippen LogP contribution in [0.4, 0.5) is 0 Å². The molecule has 0 saturated carbocycles. The molecule has 0 radical (unpaired) electrons. The van der Waals surface area contributed by atoms with Crippen LogP contribution in [0.3, 0.4) is 0 Å². The van der Waals surface area contributed by atoms with Gasteiger partial charge in [-0.15, -0.1) is 11.6 Å². The van der Waals surface area contributed by atoms with Crippen molar-refractivity contribution < 1.29 is 4.79 Å². The minimum Gasteiger partial charge on any atom is -0.368 e. The highest BCUT2D eigenvalue weighted by atomic mass is 35.5. The molecule has 4 heteroatoms. The van der Waals surface area contributed by atoms with E-state index in [1.807, 2.05) is 13.2 Å². The van der Waals surface area contributed by atoms with Gasteiger partial charge < -0.3 is 5.73 Å². The summed E-state index contributed by atoms with van der Waals surface area (Å²) in [4.78, 5) is 10.4. The monoisotopic (exact) mass is 167 g/mol. The minimum absolute atomic E-state index is 0.101. The Kier molecular flexibility index (Phi) is 4.06. The molecule has 2 nitrogen and oxygen atoms in total. The predicted octanol–water partition coefficient (Wildman–Crippen LogP) is 0.831. The van der Waals surface area contributed by atoms with E-state index in [0.29, 0.717) is 0 Å². The number of thioether (sulfide) groups is 1. The van der Waals surface area contributed by atoms with Gasteiger partial charge in [-0.1, -0.05) is 6.92 Å². The second-order valence-corrected chi connectivity index (χ2v) is 3.43. The zero-order valence-electron chi connectivity index (χ0n) is 5.43. The Morgan fingerprint density at radius 1 is 1.78 bits per heavy atom. The van der Waals surface area contributed by atoms with Crippen LogP contribution in [0.1, 0.15) is 6.92 Å². The maximum absolute atomic E-state index is 10.4. The Morgan fingerprint density at radius 3 is 2.33 bits per heavy atom. The van der Waals surface area contributed by atoms with E-state index in [4.69, 9.17) is 17.3 Å². The molecular weight excluding hydrogens is 158 g/mol. The van der Waals surface area contributed by atoms with E-state index in [-0.39, 0.29) is 5.25 Å². The van der Waals surface area contributed by atoms with Crippen LogP contribution in [0.5, 0.6) is 0 Å². The number of halogens is 1. The summed E-state index contributed by atoms with van der Waals surface area (Å²) in [5, 5.41) is -0.441. The average Bonchev–Trinajstić information content (AvgIpc) is 1.84. The molecule has 0 aromatic heterocycles. The van der Waals surface area contributed by atoms with Crippen molar-refractivity contribution in [2.75, 3.05) is 6.26 Å². The Labute approximate surface area is 64.1 Å². The maximum atomic E-state index is 10.4. The van der Waals surface area contributed by atoms with Gasteiger partial charge in [0.2, 0.25) is 5.91 Å². The van der Waals surface area contributed by atoms with Gasteiger partial charge in [-0.3, -0.25) is 4.79 Å². The Hall–Kier alpha value is 0.110. The standard InChI is InChI=1S/C5H10ClNOS/c1-3(9-2)4(6)5(7)8/h3-4H,1-2H3,(H2,7,8). The van der Waals surface area contributed by atoms with Crippen molar-refractivity contribution in [3.8, 4) is 0 Å². The summed E-state index contributed by atoms with van der Waals surface area (Å²) in [7, 11) is 0. The van der Waals surface area contributed by atoms with E-state index in [9.17, 15) is 4.79 Å². The highest BCUT2D eigenvalue weighted by Gasteiger charge is 2.18. The molecule has 2 unspecified atom stereocenters. The van der Waals surface area contributed by atoms with Gasteiger partial charge in [0.15, 0.2) is 0 Å². The predicted molar refractivity (Wildman–Crippen MR) is 41.8 cm³/mol. The van der Waals surface area contributed by atoms with E-state index in [1.54, 1.807) is 0 Å². The summed E-state index contributed by atoms with van der Waals surface area (Å²) in [6.07, 6.45) is 1.89. The van der Waals surface area contributed by atoms with Crippen LogP contribution in [0.25, 0.3) is 0 Å². The highest BCUT2D eigenvalue weighted by Crippen LogP contribution is 2.14. The van der Waals surface area contributed by atoms with E-state index >= 15 is 0 Å². The lowest BCUT2D eigenvalue weighted by Gasteiger charge is -2.10. The summed E-state index contributed by atoms with van der Waals surface area (Å²) in [6, 6.07) is 0. The Bertz CT molecular complexity index is 109. The molecule has 0 aliphatic carbocycles. The van der Waals surface area contributed by atoms with Crippen molar-refractivity contribution in [3.63, 3.8) is 0 Å². The van der Waals surface area contributed by atoms with Gasteiger partial charge in [-0.25, -0.2) is 0 Å². The molecule has 0 rings (SSSR count). The van der Waals surface area contributed by atoms with Gasteiger partial charge >= 0.3 is 0 Å². The van der Waals surface area contributed by atoms with Gasteiger partial charge in [0.1, 0.15) is 5.38 Å². The molecule has 0 aliphatic heterocycles. The molecule has 0 fully saturated rings. The average molecular weight is 168 g/mol. The molecule has 9 heavy (non-hydrogen) atoms. The maximum Gasteiger partial charge on any atom is 0.236 e. The number of carbonyl (C=O) groups excluding carboxylic acids is 1. The molecular formula is C5H10ClNOS. The second kappa shape index (κ2) is 4.01. The fourth-order valence-electron chi connectivity index (χ4n) is 0.351. The molecule has 0 heterocycles. The topological polar surface area (TPSA) is 43.1 Å². The van der Waals surface area contributed by atoms with Crippen molar-refractivity contribution in [3.05, 3.63) is 0 Å². The number of nitrogens with two attached hydrogens (primary N) is 1. The number of amides is 1. The minimum atomic E-state index is -0.542. The quantitative estimate of drug-likeness (QED) is 0.633. The highest BCUT2D eigenvalue weighted by molar-refractivity contribution is 7.99. The third kappa shape index (κ3) is 2.96. The summed E-state index contributed by atoms with van der Waals surface area (Å²) in [6.45, 7) is 1.87. The molecule has 0 bridgehead atoms. The van der Waals surface area contributed by atoms with Crippen molar-refractivity contribution in [2.24, 2.45) is 5.73 Å².